The number of hydrazine groups is 1. The molecule has 1 aliphatic rings. The lowest BCUT2D eigenvalue weighted by molar-refractivity contribution is -0.132. The van der Waals surface area contributed by atoms with Crippen LogP contribution < -0.4 is 20.5 Å². The van der Waals surface area contributed by atoms with Crippen molar-refractivity contribution in [2.75, 3.05) is 39.6 Å². The van der Waals surface area contributed by atoms with Crippen LogP contribution in [-0.4, -0.2) is 89.2 Å². The van der Waals surface area contributed by atoms with Crippen molar-refractivity contribution in [2.45, 2.75) is 38.6 Å². The van der Waals surface area contributed by atoms with Gasteiger partial charge in [-0.1, -0.05) is 53.7 Å². The molecule has 0 saturated carbocycles. The molecule has 0 bridgehead atoms. The van der Waals surface area contributed by atoms with E-state index in [1.165, 1.54) is 16.3 Å². The Morgan fingerprint density at radius 3 is 2.42 bits per heavy atom. The van der Waals surface area contributed by atoms with Crippen molar-refractivity contribution < 1.29 is 23.9 Å². The highest BCUT2D eigenvalue weighted by Crippen LogP contribution is 2.29. The number of methoxy groups -OCH3 is 2. The van der Waals surface area contributed by atoms with E-state index in [1.54, 1.807) is 29.0 Å². The van der Waals surface area contributed by atoms with Gasteiger partial charge in [0.05, 0.1) is 44.1 Å². The number of nitrogens with one attached hydrogen (secondary N) is 1. The molecule has 1 aromatic heterocycles. The standard InChI is InChI=1S/C35H39N7O5S/c1-5-17-40(35(45)37-19-26-11-15-29(47-4)16-12-26)41-22-32(44)42(24(2)18-25-9-13-28(46-3)14-10-25)31(41)21-39(23-43)20-27-7-6-8-30-33(27)38-34(36)48-30/h1,6-16,23-24,31H,17-22H2,2-4H3,(H2,36,38)(H,37,45)/t24-,31-/m1/s1. The van der Waals surface area contributed by atoms with Crippen molar-refractivity contribution in [1.82, 2.24) is 30.1 Å². The third-order valence-corrected chi connectivity index (χ3v) is 9.09. The lowest BCUT2D eigenvalue weighted by Gasteiger charge is -2.40. The maximum atomic E-state index is 13.8. The van der Waals surface area contributed by atoms with Crippen LogP contribution in [0.3, 0.4) is 0 Å². The summed E-state index contributed by atoms with van der Waals surface area (Å²) in [5, 5.41) is 6.39. The summed E-state index contributed by atoms with van der Waals surface area (Å²) < 4.78 is 11.4. The first-order chi connectivity index (χ1) is 23.2. The van der Waals surface area contributed by atoms with Crippen molar-refractivity contribution in [3.8, 4) is 23.8 Å². The van der Waals surface area contributed by atoms with Gasteiger partial charge in [-0.15, -0.1) is 6.42 Å². The summed E-state index contributed by atoms with van der Waals surface area (Å²) in [5.74, 6) is 3.81. The van der Waals surface area contributed by atoms with Crippen LogP contribution in [0.4, 0.5) is 9.93 Å². The first-order valence-electron chi connectivity index (χ1n) is 15.4. The van der Waals surface area contributed by atoms with Gasteiger partial charge >= 0.3 is 6.03 Å². The van der Waals surface area contributed by atoms with E-state index in [4.69, 9.17) is 21.6 Å². The molecule has 3 N–H and O–H groups in total. The molecular weight excluding hydrogens is 630 g/mol. The zero-order valence-corrected chi connectivity index (χ0v) is 28.0. The van der Waals surface area contributed by atoms with Crippen LogP contribution in [-0.2, 0) is 29.1 Å². The molecule has 1 fully saturated rings. The number of aromatic nitrogens is 1. The number of nitrogen functional groups attached to an aromatic ring is 1. The molecule has 0 unspecified atom stereocenters. The van der Waals surface area contributed by atoms with Crippen molar-refractivity contribution >= 4 is 45.0 Å². The number of terminal acetylenes is 1. The zero-order chi connectivity index (χ0) is 34.2. The lowest BCUT2D eigenvalue weighted by atomic mass is 10.1. The van der Waals surface area contributed by atoms with Gasteiger partial charge in [-0.05, 0) is 60.4 Å². The number of para-hydroxylation sites is 1. The first-order valence-corrected chi connectivity index (χ1v) is 16.2. The van der Waals surface area contributed by atoms with Gasteiger partial charge in [-0.2, -0.15) is 5.01 Å². The summed E-state index contributed by atoms with van der Waals surface area (Å²) in [7, 11) is 3.20. The Kier molecular flexibility index (Phi) is 11.0. The summed E-state index contributed by atoms with van der Waals surface area (Å²) in [4.78, 5) is 47.9. The van der Waals surface area contributed by atoms with Gasteiger partial charge in [0.2, 0.25) is 12.3 Å². The van der Waals surface area contributed by atoms with Crippen LogP contribution in [0.2, 0.25) is 0 Å². The number of carbonyl (C=O) groups excluding carboxylic acids is 3. The molecule has 12 nitrogen and oxygen atoms in total. The number of anilines is 1. The Labute approximate surface area is 284 Å². The number of carbonyl (C=O) groups is 3. The number of hydrogen-bond donors (Lipinski definition) is 2. The van der Waals surface area contributed by atoms with E-state index < -0.39 is 12.2 Å². The third-order valence-electron chi connectivity index (χ3n) is 8.24. The van der Waals surface area contributed by atoms with Crippen LogP contribution in [0.1, 0.15) is 23.6 Å². The zero-order valence-electron chi connectivity index (χ0n) is 27.2. The number of nitrogens with zero attached hydrogens (tertiary/aromatic N) is 5. The second kappa shape index (κ2) is 15.5. The second-order valence-electron chi connectivity index (χ2n) is 11.4. The summed E-state index contributed by atoms with van der Waals surface area (Å²) in [6, 6.07) is 20.0. The molecule has 0 aliphatic carbocycles. The van der Waals surface area contributed by atoms with E-state index >= 15 is 0 Å². The van der Waals surface area contributed by atoms with E-state index in [0.29, 0.717) is 17.3 Å². The van der Waals surface area contributed by atoms with Crippen LogP contribution in [0, 0.1) is 12.3 Å². The van der Waals surface area contributed by atoms with Crippen molar-refractivity contribution in [3.63, 3.8) is 0 Å². The Hall–Kier alpha value is -5.32. The molecule has 1 aliphatic heterocycles. The molecule has 13 heteroatoms. The topological polar surface area (TPSA) is 134 Å². The second-order valence-corrected chi connectivity index (χ2v) is 12.5. The van der Waals surface area contributed by atoms with Crippen LogP contribution in [0.15, 0.2) is 66.7 Å². The van der Waals surface area contributed by atoms with E-state index in [9.17, 15) is 14.4 Å². The minimum atomic E-state index is -0.698. The van der Waals surface area contributed by atoms with Crippen LogP contribution >= 0.6 is 11.3 Å². The molecule has 2 atom stereocenters. The largest absolute Gasteiger partial charge is 0.497 e. The molecule has 0 spiro atoms. The van der Waals surface area contributed by atoms with Crippen molar-refractivity contribution in [2.24, 2.45) is 0 Å². The molecule has 4 amide bonds. The summed E-state index contributed by atoms with van der Waals surface area (Å²) in [6.45, 7) is 2.33. The Balaban J connectivity index is 1.42. The van der Waals surface area contributed by atoms with Gasteiger partial charge in [0, 0.05) is 19.1 Å². The number of urea groups is 1. The molecule has 1 saturated heterocycles. The quantitative estimate of drug-likeness (QED) is 0.153. The van der Waals surface area contributed by atoms with Gasteiger partial charge in [-0.3, -0.25) is 9.59 Å². The maximum Gasteiger partial charge on any atom is 0.333 e. The highest BCUT2D eigenvalue weighted by atomic mass is 32.1. The minimum absolute atomic E-state index is 0.0859. The Morgan fingerprint density at radius 1 is 1.12 bits per heavy atom. The van der Waals surface area contributed by atoms with Gasteiger partial charge in [0.25, 0.3) is 0 Å². The average Bonchev–Trinajstić information content (AvgIpc) is 3.64. The summed E-state index contributed by atoms with van der Waals surface area (Å²) in [5.41, 5.74) is 9.39. The number of nitrogens with two attached hydrogens (primary N) is 1. The highest BCUT2D eigenvalue weighted by Gasteiger charge is 2.45. The predicted octanol–water partition coefficient (Wildman–Crippen LogP) is 3.72. The third kappa shape index (κ3) is 7.79. The van der Waals surface area contributed by atoms with E-state index in [1.807, 2.05) is 73.7 Å². The SMILES string of the molecule is C#CCN(C(=O)NCc1ccc(OC)cc1)N1CC(=O)N([C@H](C)Cc2ccc(OC)cc2)[C@@H]1CN(C=O)Cc1cccc2sc(N)nc12. The van der Waals surface area contributed by atoms with Crippen molar-refractivity contribution in [3.05, 3.63) is 83.4 Å². The number of amides is 4. The normalized spacial score (nSPS) is 15.2. The molecule has 250 valence electrons. The number of hydrogen-bond acceptors (Lipinski definition) is 9. The summed E-state index contributed by atoms with van der Waals surface area (Å²) >= 11 is 1.37. The molecule has 0 radical (unpaired) electrons. The molecule has 48 heavy (non-hydrogen) atoms. The van der Waals surface area contributed by atoms with Gasteiger partial charge in [0.1, 0.15) is 17.7 Å². The molecular formula is C35H39N7O5S. The van der Waals surface area contributed by atoms with Crippen LogP contribution in [0.25, 0.3) is 10.2 Å². The number of ether oxygens (including phenoxy) is 2. The molecule has 4 aromatic rings. The smallest absolute Gasteiger partial charge is 0.333 e. The fourth-order valence-corrected chi connectivity index (χ4v) is 6.69. The molecule has 3 aromatic carbocycles. The molecule has 2 heterocycles. The van der Waals surface area contributed by atoms with Crippen LogP contribution in [0.5, 0.6) is 11.5 Å². The van der Waals surface area contributed by atoms with Gasteiger partial charge in [-0.25, -0.2) is 14.8 Å². The highest BCUT2D eigenvalue weighted by molar-refractivity contribution is 7.22. The van der Waals surface area contributed by atoms with E-state index in [0.717, 1.165) is 39.1 Å². The first kappa shape index (κ1) is 34.0. The minimum Gasteiger partial charge on any atom is -0.497 e. The van der Waals surface area contributed by atoms with E-state index in [2.05, 4.69) is 16.2 Å². The monoisotopic (exact) mass is 669 g/mol. The lowest BCUT2D eigenvalue weighted by Crippen LogP contribution is -2.58. The number of benzene rings is 3. The van der Waals surface area contributed by atoms with Crippen molar-refractivity contribution in [1.29, 1.82) is 0 Å². The number of fused-ring (bicyclic) bond motifs is 1. The average molecular weight is 670 g/mol. The Bertz CT molecular complexity index is 1770. The Morgan fingerprint density at radius 2 is 1.79 bits per heavy atom. The fraction of sp³-hybridized carbons (Fsp3) is 0.314. The number of rotatable bonds is 14. The maximum absolute atomic E-state index is 13.8. The van der Waals surface area contributed by atoms with Gasteiger partial charge < -0.3 is 30.3 Å². The van der Waals surface area contributed by atoms with E-state index in [-0.39, 0.29) is 44.7 Å². The predicted molar refractivity (Wildman–Crippen MR) is 185 cm³/mol. The van der Waals surface area contributed by atoms with Gasteiger partial charge in [0.15, 0.2) is 5.13 Å². The number of thiazole rings is 1. The fourth-order valence-electron chi connectivity index (χ4n) is 5.91. The molecule has 5 rings (SSSR count). The summed E-state index contributed by atoms with van der Waals surface area (Å²) in [6.07, 6.45) is 6.34.